The van der Waals surface area contributed by atoms with Crippen molar-refractivity contribution in [2.75, 3.05) is 0 Å². The molecule has 0 atom stereocenters. The van der Waals surface area contributed by atoms with Crippen LogP contribution in [-0.2, 0) is 6.54 Å². The molecule has 0 saturated heterocycles. The predicted octanol–water partition coefficient (Wildman–Crippen LogP) is 1.27. The fraction of sp³-hybridized carbons (Fsp3) is 0.250. The van der Waals surface area contributed by atoms with Crippen LogP contribution >= 0.6 is 0 Å². The van der Waals surface area contributed by atoms with Crippen LogP contribution in [0.3, 0.4) is 0 Å². The van der Waals surface area contributed by atoms with E-state index in [1.165, 1.54) is 0 Å². The molecule has 0 aliphatic rings. The van der Waals surface area contributed by atoms with Crippen LogP contribution in [0.25, 0.3) is 0 Å². The van der Waals surface area contributed by atoms with E-state index in [4.69, 9.17) is 0 Å². The quantitative estimate of drug-likeness (QED) is 0.480. The summed E-state index contributed by atoms with van der Waals surface area (Å²) in [6.45, 7) is 2.68. The molecule has 0 saturated carbocycles. The summed E-state index contributed by atoms with van der Waals surface area (Å²) in [7, 11) is 0. The lowest BCUT2D eigenvalue weighted by molar-refractivity contribution is 0.111. The molecule has 0 spiro atoms. The Balaban J connectivity index is 2.65. The van der Waals surface area contributed by atoms with E-state index in [0.29, 0.717) is 5.69 Å². The van der Waals surface area contributed by atoms with Gasteiger partial charge in [-0.25, -0.2) is 0 Å². The van der Waals surface area contributed by atoms with Gasteiger partial charge in [0.1, 0.15) is 5.69 Å². The second-order valence-electron chi connectivity index (χ2n) is 2.15. The van der Waals surface area contributed by atoms with Gasteiger partial charge in [0.05, 0.1) is 6.54 Å². The van der Waals surface area contributed by atoms with E-state index in [9.17, 15) is 4.79 Å². The van der Waals surface area contributed by atoms with Crippen LogP contribution in [0.2, 0.25) is 0 Å². The Hall–Kier alpha value is -1.38. The van der Waals surface area contributed by atoms with E-state index in [1.54, 1.807) is 16.9 Å². The van der Waals surface area contributed by atoms with Crippen LogP contribution < -0.4 is 0 Å². The molecule has 0 N–H and O–H groups in total. The molecule has 0 amide bonds. The number of allylic oxidation sites excluding steroid dienone is 2. The van der Waals surface area contributed by atoms with Crippen molar-refractivity contribution in [3.8, 4) is 0 Å². The van der Waals surface area contributed by atoms with Gasteiger partial charge in [0.2, 0.25) is 0 Å². The number of hydrogen-bond donors (Lipinski definition) is 0. The van der Waals surface area contributed by atoms with Gasteiger partial charge >= 0.3 is 0 Å². The monoisotopic (exact) mass is 150 g/mol. The largest absolute Gasteiger partial charge is 0.296 e. The Morgan fingerprint density at radius 2 is 2.55 bits per heavy atom. The maximum atomic E-state index is 10.2. The molecule has 1 aromatic heterocycles. The number of carbonyl (C=O) groups excluding carboxylic acids is 1. The highest BCUT2D eigenvalue weighted by atomic mass is 16.1. The molecule has 0 radical (unpaired) electrons. The van der Waals surface area contributed by atoms with Gasteiger partial charge in [-0.3, -0.25) is 9.48 Å². The van der Waals surface area contributed by atoms with Gasteiger partial charge in [-0.2, -0.15) is 5.10 Å². The third kappa shape index (κ3) is 2.04. The number of nitrogens with zero attached hydrogens (tertiary/aromatic N) is 2. The van der Waals surface area contributed by atoms with Crippen molar-refractivity contribution >= 4 is 6.29 Å². The number of hydrogen-bond acceptors (Lipinski definition) is 2. The standard InChI is InChI=1S/C8H10N2O/c1-2-3-5-10-6-4-8(7-11)9-10/h2-4,6-7H,5H2,1H3. The van der Waals surface area contributed by atoms with Crippen molar-refractivity contribution in [2.24, 2.45) is 0 Å². The molecule has 1 aromatic rings. The molecule has 1 heterocycles. The summed E-state index contributed by atoms with van der Waals surface area (Å²) in [6, 6.07) is 1.69. The average Bonchev–Trinajstić information content (AvgIpc) is 2.48. The van der Waals surface area contributed by atoms with Gasteiger partial charge in [0.15, 0.2) is 6.29 Å². The van der Waals surface area contributed by atoms with Gasteiger partial charge in [-0.1, -0.05) is 12.2 Å². The van der Waals surface area contributed by atoms with E-state index < -0.39 is 0 Å². The molecule has 3 heteroatoms. The van der Waals surface area contributed by atoms with Gasteiger partial charge in [0, 0.05) is 6.20 Å². The molecule has 0 unspecified atom stereocenters. The lowest BCUT2D eigenvalue weighted by atomic mass is 10.5. The molecule has 0 bridgehead atoms. The summed E-state index contributed by atoms with van der Waals surface area (Å²) in [6.07, 6.45) is 6.44. The summed E-state index contributed by atoms with van der Waals surface area (Å²) >= 11 is 0. The first-order chi connectivity index (χ1) is 5.36. The second kappa shape index (κ2) is 3.71. The Bertz CT molecular complexity index is 263. The number of aldehydes is 1. The van der Waals surface area contributed by atoms with Gasteiger partial charge < -0.3 is 0 Å². The van der Waals surface area contributed by atoms with E-state index in [-0.39, 0.29) is 0 Å². The molecule has 0 aliphatic carbocycles. The van der Waals surface area contributed by atoms with Crippen LogP contribution in [0, 0.1) is 0 Å². The summed E-state index contributed by atoms with van der Waals surface area (Å²) in [5, 5.41) is 3.96. The van der Waals surface area contributed by atoms with Crippen molar-refractivity contribution in [1.29, 1.82) is 0 Å². The Kier molecular flexibility index (Phi) is 2.60. The minimum Gasteiger partial charge on any atom is -0.296 e. The third-order valence-corrected chi connectivity index (χ3v) is 1.31. The molecule has 0 aromatic carbocycles. The summed E-state index contributed by atoms with van der Waals surface area (Å²) in [5.41, 5.74) is 0.481. The second-order valence-corrected chi connectivity index (χ2v) is 2.15. The lowest BCUT2D eigenvalue weighted by Gasteiger charge is -1.91. The maximum Gasteiger partial charge on any atom is 0.170 e. The van der Waals surface area contributed by atoms with E-state index >= 15 is 0 Å². The normalized spacial score (nSPS) is 10.6. The SMILES string of the molecule is CC=CCn1ccc(C=O)n1. The fourth-order valence-corrected chi connectivity index (χ4v) is 0.755. The first-order valence-electron chi connectivity index (χ1n) is 3.46. The van der Waals surface area contributed by atoms with Crippen LogP contribution in [0.1, 0.15) is 17.4 Å². The highest BCUT2D eigenvalue weighted by Gasteiger charge is 1.92. The zero-order valence-corrected chi connectivity index (χ0v) is 6.40. The smallest absolute Gasteiger partial charge is 0.170 e. The number of rotatable bonds is 3. The topological polar surface area (TPSA) is 34.9 Å². The summed E-state index contributed by atoms with van der Waals surface area (Å²) in [5.74, 6) is 0. The predicted molar refractivity (Wildman–Crippen MR) is 42.4 cm³/mol. The molecular weight excluding hydrogens is 140 g/mol. The number of aromatic nitrogens is 2. The molecule has 58 valence electrons. The van der Waals surface area contributed by atoms with E-state index in [1.807, 2.05) is 19.1 Å². The Morgan fingerprint density at radius 1 is 1.73 bits per heavy atom. The third-order valence-electron chi connectivity index (χ3n) is 1.31. The average molecular weight is 150 g/mol. The lowest BCUT2D eigenvalue weighted by Crippen LogP contribution is -1.96. The highest BCUT2D eigenvalue weighted by molar-refractivity contribution is 5.71. The van der Waals surface area contributed by atoms with Crippen LogP contribution in [0.5, 0.6) is 0 Å². The molecule has 0 fully saturated rings. The summed E-state index contributed by atoms with van der Waals surface area (Å²) in [4.78, 5) is 10.2. The van der Waals surface area contributed by atoms with E-state index in [2.05, 4.69) is 5.10 Å². The van der Waals surface area contributed by atoms with Gasteiger partial charge in [-0.05, 0) is 13.0 Å². The maximum absolute atomic E-state index is 10.2. The van der Waals surface area contributed by atoms with Crippen molar-refractivity contribution < 1.29 is 4.79 Å². The molecular formula is C8H10N2O. The zero-order valence-electron chi connectivity index (χ0n) is 6.40. The molecule has 0 aliphatic heterocycles. The minimum atomic E-state index is 0.481. The zero-order chi connectivity index (χ0) is 8.10. The fourth-order valence-electron chi connectivity index (χ4n) is 0.755. The first-order valence-corrected chi connectivity index (χ1v) is 3.46. The minimum absolute atomic E-state index is 0.481. The Morgan fingerprint density at radius 3 is 3.09 bits per heavy atom. The molecule has 1 rings (SSSR count). The molecule has 3 nitrogen and oxygen atoms in total. The van der Waals surface area contributed by atoms with Crippen molar-refractivity contribution in [2.45, 2.75) is 13.5 Å². The summed E-state index contributed by atoms with van der Waals surface area (Å²) < 4.78 is 1.71. The van der Waals surface area contributed by atoms with Crippen molar-refractivity contribution in [3.63, 3.8) is 0 Å². The molecule has 11 heavy (non-hydrogen) atoms. The van der Waals surface area contributed by atoms with E-state index in [0.717, 1.165) is 12.8 Å². The highest BCUT2D eigenvalue weighted by Crippen LogP contribution is 1.91. The van der Waals surface area contributed by atoms with Crippen LogP contribution in [-0.4, -0.2) is 16.1 Å². The Labute approximate surface area is 65.3 Å². The first kappa shape index (κ1) is 7.72. The van der Waals surface area contributed by atoms with Crippen molar-refractivity contribution in [1.82, 2.24) is 9.78 Å². The van der Waals surface area contributed by atoms with Gasteiger partial charge in [-0.15, -0.1) is 0 Å². The van der Waals surface area contributed by atoms with Crippen LogP contribution in [0.15, 0.2) is 24.4 Å². The van der Waals surface area contributed by atoms with Crippen LogP contribution in [0.4, 0.5) is 0 Å². The number of carbonyl (C=O) groups is 1. The van der Waals surface area contributed by atoms with Gasteiger partial charge in [0.25, 0.3) is 0 Å². The van der Waals surface area contributed by atoms with Crippen molar-refractivity contribution in [3.05, 3.63) is 30.1 Å².